The van der Waals surface area contributed by atoms with E-state index in [2.05, 4.69) is 32.6 Å². The van der Waals surface area contributed by atoms with Crippen molar-refractivity contribution in [3.8, 4) is 5.75 Å². The van der Waals surface area contributed by atoms with Crippen molar-refractivity contribution in [2.24, 2.45) is 0 Å². The molecule has 0 spiro atoms. The van der Waals surface area contributed by atoms with Gasteiger partial charge in [-0.25, -0.2) is 4.98 Å². The number of aromatic nitrogens is 3. The molecule has 0 saturated heterocycles. The van der Waals surface area contributed by atoms with Crippen LogP contribution in [0.15, 0.2) is 48.5 Å². The van der Waals surface area contributed by atoms with Crippen LogP contribution in [-0.2, 0) is 6.42 Å². The van der Waals surface area contributed by atoms with E-state index in [-0.39, 0.29) is 0 Å². The van der Waals surface area contributed by atoms with Gasteiger partial charge in [-0.3, -0.25) is 0 Å². The largest absolute Gasteiger partial charge is 0.497 e. The summed E-state index contributed by atoms with van der Waals surface area (Å²) in [5, 5.41) is 11.4. The van der Waals surface area contributed by atoms with E-state index in [4.69, 9.17) is 4.74 Å². The van der Waals surface area contributed by atoms with Crippen molar-refractivity contribution in [1.82, 2.24) is 15.2 Å². The lowest BCUT2D eigenvalue weighted by atomic mass is 10.1. The molecule has 0 aliphatic carbocycles. The number of ether oxygens (including phenoxy) is 1. The Labute approximate surface area is 123 Å². The van der Waals surface area contributed by atoms with Gasteiger partial charge in [0.25, 0.3) is 0 Å². The number of nitrogens with one attached hydrogen (secondary N) is 1. The second kappa shape index (κ2) is 6.17. The lowest BCUT2D eigenvalue weighted by Crippen LogP contribution is -2.08. The lowest BCUT2D eigenvalue weighted by Gasteiger charge is -2.06. The summed E-state index contributed by atoms with van der Waals surface area (Å²) >= 11 is 0. The summed E-state index contributed by atoms with van der Waals surface area (Å²) in [6.07, 6.45) is 0.921. The minimum atomic E-state index is 0.545. The Morgan fingerprint density at radius 3 is 2.67 bits per heavy atom. The topological polar surface area (TPSA) is 59.9 Å². The quantitative estimate of drug-likeness (QED) is 0.778. The maximum atomic E-state index is 5.16. The molecule has 3 aromatic rings. The molecule has 0 saturated carbocycles. The van der Waals surface area contributed by atoms with E-state index in [1.165, 1.54) is 5.56 Å². The van der Waals surface area contributed by atoms with Crippen molar-refractivity contribution in [2.75, 3.05) is 19.0 Å². The van der Waals surface area contributed by atoms with Crippen LogP contribution in [0, 0.1) is 0 Å². The Bertz CT molecular complexity index is 731. The molecule has 3 rings (SSSR count). The molecule has 0 aliphatic rings. The number of fused-ring (bicyclic) bond motifs is 1. The highest BCUT2D eigenvalue weighted by Gasteiger charge is 2.03. The number of nitrogens with zero attached hydrogens (tertiary/aromatic N) is 3. The van der Waals surface area contributed by atoms with Crippen LogP contribution in [0.5, 0.6) is 5.75 Å². The smallest absolute Gasteiger partial charge is 0.243 e. The van der Waals surface area contributed by atoms with Crippen molar-refractivity contribution in [1.29, 1.82) is 0 Å². The molecule has 5 heteroatoms. The van der Waals surface area contributed by atoms with E-state index in [0.717, 1.165) is 29.7 Å². The van der Waals surface area contributed by atoms with Gasteiger partial charge < -0.3 is 10.1 Å². The van der Waals surface area contributed by atoms with E-state index in [0.29, 0.717) is 5.95 Å². The van der Waals surface area contributed by atoms with Crippen LogP contribution in [0.25, 0.3) is 11.0 Å². The second-order valence-electron chi connectivity index (χ2n) is 4.65. The number of hydrogen-bond acceptors (Lipinski definition) is 5. The molecule has 106 valence electrons. The predicted molar refractivity (Wildman–Crippen MR) is 82.5 cm³/mol. The minimum absolute atomic E-state index is 0.545. The molecular formula is C16H16N4O. The first-order chi connectivity index (χ1) is 10.3. The Morgan fingerprint density at radius 2 is 1.86 bits per heavy atom. The molecule has 1 N–H and O–H groups in total. The standard InChI is InChI=1S/C16H16N4O/c1-21-13-7-8-14-15(11-13)19-20-16(18-14)17-10-9-12-5-3-2-4-6-12/h2-8,11H,9-10H2,1H3,(H,17,18,20). The molecule has 2 aromatic carbocycles. The van der Waals surface area contributed by atoms with Crippen molar-refractivity contribution in [3.63, 3.8) is 0 Å². The monoisotopic (exact) mass is 280 g/mol. The van der Waals surface area contributed by atoms with Crippen LogP contribution in [-0.4, -0.2) is 28.8 Å². The number of benzene rings is 2. The molecule has 0 radical (unpaired) electrons. The molecule has 0 aliphatic heterocycles. The molecule has 0 amide bonds. The molecule has 0 unspecified atom stereocenters. The van der Waals surface area contributed by atoms with Crippen molar-refractivity contribution < 1.29 is 4.74 Å². The van der Waals surface area contributed by atoms with E-state index < -0.39 is 0 Å². The second-order valence-corrected chi connectivity index (χ2v) is 4.65. The average molecular weight is 280 g/mol. The van der Waals surface area contributed by atoms with E-state index >= 15 is 0 Å². The van der Waals surface area contributed by atoms with Gasteiger partial charge in [0.05, 0.1) is 12.6 Å². The summed E-state index contributed by atoms with van der Waals surface area (Å²) in [5.41, 5.74) is 2.81. The fourth-order valence-corrected chi connectivity index (χ4v) is 2.08. The normalized spacial score (nSPS) is 10.5. The predicted octanol–water partition coefficient (Wildman–Crippen LogP) is 2.69. The van der Waals surface area contributed by atoms with Gasteiger partial charge >= 0.3 is 0 Å². The molecule has 1 heterocycles. The summed E-state index contributed by atoms with van der Waals surface area (Å²) in [5.74, 6) is 1.30. The highest BCUT2D eigenvalue weighted by molar-refractivity contribution is 5.76. The van der Waals surface area contributed by atoms with Crippen LogP contribution in [0.3, 0.4) is 0 Å². The minimum Gasteiger partial charge on any atom is -0.497 e. The fourth-order valence-electron chi connectivity index (χ4n) is 2.08. The van der Waals surface area contributed by atoms with Gasteiger partial charge in [0.2, 0.25) is 5.95 Å². The van der Waals surface area contributed by atoms with Crippen LogP contribution < -0.4 is 10.1 Å². The van der Waals surface area contributed by atoms with Gasteiger partial charge in [0, 0.05) is 12.6 Å². The summed E-state index contributed by atoms with van der Waals surface area (Å²) in [6.45, 7) is 0.771. The van der Waals surface area contributed by atoms with Gasteiger partial charge in [0.15, 0.2) is 0 Å². The first-order valence-electron chi connectivity index (χ1n) is 6.81. The van der Waals surface area contributed by atoms with Crippen molar-refractivity contribution in [3.05, 3.63) is 54.1 Å². The Kier molecular flexibility index (Phi) is 3.91. The van der Waals surface area contributed by atoms with Crippen LogP contribution in [0.4, 0.5) is 5.95 Å². The third-order valence-electron chi connectivity index (χ3n) is 3.20. The maximum absolute atomic E-state index is 5.16. The molecule has 0 fully saturated rings. The molecule has 5 nitrogen and oxygen atoms in total. The highest BCUT2D eigenvalue weighted by Crippen LogP contribution is 2.17. The van der Waals surface area contributed by atoms with Crippen LogP contribution in [0.2, 0.25) is 0 Å². The lowest BCUT2D eigenvalue weighted by molar-refractivity contribution is 0.415. The number of anilines is 1. The van der Waals surface area contributed by atoms with Crippen LogP contribution >= 0.6 is 0 Å². The number of methoxy groups -OCH3 is 1. The number of hydrogen-bond donors (Lipinski definition) is 1. The van der Waals surface area contributed by atoms with Crippen molar-refractivity contribution >= 4 is 17.0 Å². The zero-order valence-electron chi connectivity index (χ0n) is 11.8. The zero-order valence-corrected chi connectivity index (χ0v) is 11.8. The average Bonchev–Trinajstić information content (AvgIpc) is 2.55. The van der Waals surface area contributed by atoms with Gasteiger partial charge in [-0.2, -0.15) is 0 Å². The van der Waals surface area contributed by atoms with Gasteiger partial charge in [0.1, 0.15) is 11.3 Å². The zero-order chi connectivity index (χ0) is 14.5. The summed E-state index contributed by atoms with van der Waals surface area (Å²) in [4.78, 5) is 4.44. The Hall–Kier alpha value is -2.69. The first kappa shape index (κ1) is 13.3. The van der Waals surface area contributed by atoms with E-state index in [1.54, 1.807) is 7.11 Å². The Balaban J connectivity index is 1.67. The maximum Gasteiger partial charge on any atom is 0.243 e. The molecule has 1 aromatic heterocycles. The first-order valence-corrected chi connectivity index (χ1v) is 6.81. The highest BCUT2D eigenvalue weighted by atomic mass is 16.5. The van der Waals surface area contributed by atoms with E-state index in [1.807, 2.05) is 36.4 Å². The SMILES string of the molecule is COc1ccc2nc(NCCc3ccccc3)nnc2c1. The van der Waals surface area contributed by atoms with Gasteiger partial charge in [-0.1, -0.05) is 30.3 Å². The third-order valence-corrected chi connectivity index (χ3v) is 3.20. The molecular weight excluding hydrogens is 264 g/mol. The van der Waals surface area contributed by atoms with Crippen molar-refractivity contribution in [2.45, 2.75) is 6.42 Å². The molecule has 21 heavy (non-hydrogen) atoms. The number of rotatable bonds is 5. The Morgan fingerprint density at radius 1 is 1.00 bits per heavy atom. The van der Waals surface area contributed by atoms with Gasteiger partial charge in [-0.15, -0.1) is 10.2 Å². The summed E-state index contributed by atoms with van der Waals surface area (Å²) in [6, 6.07) is 15.9. The molecule has 0 atom stereocenters. The van der Waals surface area contributed by atoms with E-state index in [9.17, 15) is 0 Å². The van der Waals surface area contributed by atoms with Gasteiger partial charge in [-0.05, 0) is 24.1 Å². The third kappa shape index (κ3) is 3.25. The summed E-state index contributed by atoms with van der Waals surface area (Å²) in [7, 11) is 1.63. The van der Waals surface area contributed by atoms with Crippen LogP contribution in [0.1, 0.15) is 5.56 Å². The summed E-state index contributed by atoms with van der Waals surface area (Å²) < 4.78 is 5.16. The molecule has 0 bridgehead atoms. The fraction of sp³-hybridized carbons (Fsp3) is 0.188.